The predicted octanol–water partition coefficient (Wildman–Crippen LogP) is 5.67. The van der Waals surface area contributed by atoms with Crippen LogP contribution in [-0.4, -0.2) is 72.9 Å². The summed E-state index contributed by atoms with van der Waals surface area (Å²) in [7, 11) is 2.10. The molecule has 1 aliphatic carbocycles. The molecule has 2 fully saturated rings. The third kappa shape index (κ3) is 9.21. The van der Waals surface area contributed by atoms with Gasteiger partial charge in [-0.1, -0.05) is 49.4 Å². The Balaban J connectivity index is 0.000000617. The lowest BCUT2D eigenvalue weighted by atomic mass is 10.0. The van der Waals surface area contributed by atoms with Gasteiger partial charge in [0.05, 0.1) is 11.4 Å². The van der Waals surface area contributed by atoms with Crippen molar-refractivity contribution >= 4 is 35.0 Å². The van der Waals surface area contributed by atoms with Crippen LogP contribution in [0.5, 0.6) is 0 Å². The summed E-state index contributed by atoms with van der Waals surface area (Å²) in [5, 5.41) is 13.0. The van der Waals surface area contributed by atoms with Crippen molar-refractivity contribution in [2.24, 2.45) is 5.73 Å². The molecule has 1 heterocycles. The normalized spacial score (nSPS) is 19.3. The largest absolute Gasteiger partial charge is 0.490 e. The van der Waals surface area contributed by atoms with Gasteiger partial charge in [-0.3, -0.25) is 10.1 Å². The first-order chi connectivity index (χ1) is 21.8. The fraction of sp³-hybridized carbons (Fsp3) is 0.364. The smallest absolute Gasteiger partial charge is 0.475 e. The lowest BCUT2D eigenvalue weighted by molar-refractivity contribution is -0.192. The average Bonchev–Trinajstić information content (AvgIpc) is 3.73. The summed E-state index contributed by atoms with van der Waals surface area (Å²) in [6, 6.07) is 22.9. The van der Waals surface area contributed by atoms with Crippen LogP contribution < -0.4 is 21.3 Å². The first kappa shape index (κ1) is 34.3. The van der Waals surface area contributed by atoms with Crippen molar-refractivity contribution in [3.8, 4) is 0 Å². The molecule has 3 aromatic carbocycles. The number of aliphatic carboxylic acids is 1. The number of halogens is 3. The summed E-state index contributed by atoms with van der Waals surface area (Å²) in [5.41, 5.74) is 11.0. The SMILES string of the molecule is CC[C@]1(N)C[C@H]1c1ccc(NC(=O)c2ccc(N3CCN(C)CC3)c(NC(=O)OCc3ccccc3)c2)cc1.O=C(O)C(F)(F)F. The van der Waals surface area contributed by atoms with Crippen LogP contribution in [0, 0.1) is 0 Å². The number of anilines is 3. The molecule has 0 unspecified atom stereocenters. The molecule has 0 spiro atoms. The molecule has 0 radical (unpaired) electrons. The Morgan fingerprint density at radius 1 is 0.978 bits per heavy atom. The molecule has 5 rings (SSSR count). The molecule has 2 amide bonds. The van der Waals surface area contributed by atoms with Crippen molar-refractivity contribution in [1.82, 2.24) is 4.90 Å². The van der Waals surface area contributed by atoms with E-state index in [9.17, 15) is 22.8 Å². The zero-order valence-electron chi connectivity index (χ0n) is 25.6. The van der Waals surface area contributed by atoms with E-state index in [4.69, 9.17) is 20.4 Å². The van der Waals surface area contributed by atoms with Crippen LogP contribution in [0.25, 0.3) is 0 Å². The van der Waals surface area contributed by atoms with Crippen molar-refractivity contribution in [2.45, 2.75) is 44.0 Å². The molecular weight excluding hydrogens is 603 g/mol. The zero-order valence-corrected chi connectivity index (χ0v) is 25.6. The fourth-order valence-electron chi connectivity index (χ4n) is 5.13. The topological polar surface area (TPSA) is 137 Å². The summed E-state index contributed by atoms with van der Waals surface area (Å²) in [5.74, 6) is -2.63. The minimum Gasteiger partial charge on any atom is -0.475 e. The molecule has 46 heavy (non-hydrogen) atoms. The van der Waals surface area contributed by atoms with Gasteiger partial charge in [0, 0.05) is 48.9 Å². The van der Waals surface area contributed by atoms with Gasteiger partial charge in [-0.2, -0.15) is 13.2 Å². The molecule has 10 nitrogen and oxygen atoms in total. The number of carbonyl (C=O) groups excluding carboxylic acids is 2. The summed E-state index contributed by atoms with van der Waals surface area (Å²) >= 11 is 0. The Morgan fingerprint density at radius 3 is 2.17 bits per heavy atom. The number of likely N-dealkylation sites (N-methyl/N-ethyl adjacent to an activating group) is 1. The second-order valence-electron chi connectivity index (χ2n) is 11.4. The first-order valence-corrected chi connectivity index (χ1v) is 14.8. The third-order valence-electron chi connectivity index (χ3n) is 8.14. The molecule has 246 valence electrons. The minimum atomic E-state index is -5.08. The van der Waals surface area contributed by atoms with E-state index in [0.29, 0.717) is 22.9 Å². The number of alkyl halides is 3. The van der Waals surface area contributed by atoms with Gasteiger partial charge in [-0.25, -0.2) is 9.59 Å². The molecule has 1 saturated heterocycles. The highest BCUT2D eigenvalue weighted by Gasteiger charge is 2.49. The number of carbonyl (C=O) groups is 3. The van der Waals surface area contributed by atoms with E-state index in [1.807, 2.05) is 60.7 Å². The number of ether oxygens (including phenoxy) is 1. The number of benzene rings is 3. The molecule has 0 bridgehead atoms. The first-order valence-electron chi connectivity index (χ1n) is 14.8. The van der Waals surface area contributed by atoms with Crippen LogP contribution in [-0.2, 0) is 16.1 Å². The standard InChI is InChI=1S/C31H37N5O3.C2HF3O2/c1-3-31(32)20-26(31)23-9-12-25(13-10-23)33-29(37)24-11-14-28(36-17-15-35(2)16-18-36)27(19-24)34-30(38)39-21-22-7-5-4-6-8-22;3-2(4,5)1(6)7/h4-14,19,26H,3,15-18,20-21,32H2,1-2H3,(H,33,37)(H,34,38);(H,6,7)/t26-,31-;/m0./s1. The van der Waals surface area contributed by atoms with Gasteiger partial charge < -0.3 is 30.7 Å². The number of piperazine rings is 1. The summed E-state index contributed by atoms with van der Waals surface area (Å²) < 4.78 is 37.2. The predicted molar refractivity (Wildman–Crippen MR) is 169 cm³/mol. The number of carboxylic acid groups (broad SMARTS) is 1. The number of hydrogen-bond acceptors (Lipinski definition) is 7. The molecule has 1 saturated carbocycles. The van der Waals surface area contributed by atoms with E-state index in [1.54, 1.807) is 12.1 Å². The lowest BCUT2D eigenvalue weighted by Crippen LogP contribution is -2.44. The maximum absolute atomic E-state index is 13.2. The van der Waals surface area contributed by atoms with Crippen molar-refractivity contribution in [1.29, 1.82) is 0 Å². The van der Waals surface area contributed by atoms with Crippen LogP contribution in [0.4, 0.5) is 35.0 Å². The summed E-state index contributed by atoms with van der Waals surface area (Å²) in [4.78, 5) is 39.3. The fourth-order valence-corrected chi connectivity index (χ4v) is 5.13. The number of nitrogens with two attached hydrogens (primary N) is 1. The minimum absolute atomic E-state index is 0.0953. The molecule has 0 aromatic heterocycles. The van der Waals surface area contributed by atoms with Crippen LogP contribution in [0.1, 0.15) is 47.2 Å². The molecule has 2 aliphatic rings. The highest BCUT2D eigenvalue weighted by Crippen LogP contribution is 2.51. The van der Waals surface area contributed by atoms with Crippen molar-refractivity contribution in [3.63, 3.8) is 0 Å². The Morgan fingerprint density at radius 2 is 1.61 bits per heavy atom. The second kappa shape index (κ2) is 14.6. The zero-order chi connectivity index (χ0) is 33.5. The Kier molecular flexibility index (Phi) is 10.9. The molecular formula is C33H38F3N5O5. The number of amides is 2. The number of carboxylic acids is 1. The van der Waals surface area contributed by atoms with Gasteiger partial charge >= 0.3 is 18.2 Å². The maximum atomic E-state index is 13.2. The highest BCUT2D eigenvalue weighted by atomic mass is 19.4. The Bertz CT molecular complexity index is 1510. The van der Waals surface area contributed by atoms with Gasteiger partial charge in [0.2, 0.25) is 0 Å². The summed E-state index contributed by atoms with van der Waals surface area (Å²) in [6.45, 7) is 5.77. The van der Waals surface area contributed by atoms with Gasteiger partial charge in [-0.15, -0.1) is 0 Å². The van der Waals surface area contributed by atoms with Crippen LogP contribution in [0.15, 0.2) is 72.8 Å². The number of hydrogen-bond donors (Lipinski definition) is 4. The van der Waals surface area contributed by atoms with Gasteiger partial charge in [-0.05, 0) is 61.3 Å². The van der Waals surface area contributed by atoms with Crippen LogP contribution in [0.2, 0.25) is 0 Å². The van der Waals surface area contributed by atoms with Crippen molar-refractivity contribution in [3.05, 3.63) is 89.5 Å². The highest BCUT2D eigenvalue weighted by molar-refractivity contribution is 6.06. The average molecular weight is 642 g/mol. The quantitative estimate of drug-likeness (QED) is 0.247. The lowest BCUT2D eigenvalue weighted by Gasteiger charge is -2.35. The Labute approximate surface area is 265 Å². The van der Waals surface area contributed by atoms with E-state index in [2.05, 4.69) is 34.4 Å². The monoisotopic (exact) mass is 641 g/mol. The van der Waals surface area contributed by atoms with E-state index < -0.39 is 18.2 Å². The molecule has 13 heteroatoms. The third-order valence-corrected chi connectivity index (χ3v) is 8.14. The van der Waals surface area contributed by atoms with Crippen molar-refractivity contribution in [2.75, 3.05) is 48.8 Å². The van der Waals surface area contributed by atoms with Gasteiger partial charge in [0.15, 0.2) is 0 Å². The second-order valence-corrected chi connectivity index (χ2v) is 11.4. The van der Waals surface area contributed by atoms with E-state index in [1.165, 1.54) is 5.56 Å². The van der Waals surface area contributed by atoms with Gasteiger partial charge in [0.1, 0.15) is 6.61 Å². The summed E-state index contributed by atoms with van der Waals surface area (Å²) in [6.07, 6.45) is -3.69. The van der Waals surface area contributed by atoms with Crippen LogP contribution in [0.3, 0.4) is 0 Å². The molecule has 1 aliphatic heterocycles. The maximum Gasteiger partial charge on any atom is 0.490 e. The Hall–Kier alpha value is -4.62. The molecule has 3 aromatic rings. The molecule has 2 atom stereocenters. The van der Waals surface area contributed by atoms with E-state index in [0.717, 1.165) is 50.3 Å². The number of nitrogens with one attached hydrogen (secondary N) is 2. The van der Waals surface area contributed by atoms with E-state index in [-0.39, 0.29) is 18.1 Å². The van der Waals surface area contributed by atoms with Crippen molar-refractivity contribution < 1.29 is 37.4 Å². The van der Waals surface area contributed by atoms with Crippen LogP contribution >= 0.6 is 0 Å². The van der Waals surface area contributed by atoms with Gasteiger partial charge in [0.25, 0.3) is 5.91 Å². The number of nitrogens with zero attached hydrogens (tertiary/aromatic N) is 2. The molecule has 5 N–H and O–H groups in total. The van der Waals surface area contributed by atoms with E-state index >= 15 is 0 Å². The number of rotatable bonds is 8.